The molecule has 7 nitrogen and oxygen atoms in total. The molecule has 0 aromatic carbocycles. The third-order valence-corrected chi connectivity index (χ3v) is 1.53. The summed E-state index contributed by atoms with van der Waals surface area (Å²) >= 11 is 0. The average Bonchev–Trinajstić information content (AvgIpc) is 2.21. The molecular formula is C9H21N5O2. The van der Waals surface area contributed by atoms with Gasteiger partial charge < -0.3 is 15.8 Å². The Bertz CT molecular complexity index is 230. The number of ether oxygens (including phenoxy) is 1. The van der Waals surface area contributed by atoms with Crippen LogP contribution in [0.4, 0.5) is 0 Å². The van der Waals surface area contributed by atoms with Crippen molar-refractivity contribution >= 4 is 11.9 Å². The Morgan fingerprint density at radius 2 is 2.19 bits per heavy atom. The maximum Gasteiger partial charge on any atom is 0.243 e. The van der Waals surface area contributed by atoms with E-state index < -0.39 is 5.91 Å². The van der Waals surface area contributed by atoms with Gasteiger partial charge in [-0.25, -0.2) is 5.84 Å². The minimum Gasteiger partial charge on any atom is -0.370 e. The maximum atomic E-state index is 10.4. The van der Waals surface area contributed by atoms with Crippen molar-refractivity contribution < 1.29 is 9.53 Å². The van der Waals surface area contributed by atoms with Crippen molar-refractivity contribution in [2.24, 2.45) is 22.5 Å². The molecule has 94 valence electrons. The highest BCUT2D eigenvalue weighted by molar-refractivity contribution is 5.79. The molecule has 0 spiro atoms. The largest absolute Gasteiger partial charge is 0.370 e. The summed E-state index contributed by atoms with van der Waals surface area (Å²) in [6, 6.07) is 0. The molecule has 0 rings (SSSR count). The van der Waals surface area contributed by atoms with Gasteiger partial charge in [-0.3, -0.25) is 15.2 Å². The summed E-state index contributed by atoms with van der Waals surface area (Å²) in [7, 11) is 0. The zero-order valence-corrected chi connectivity index (χ0v) is 9.82. The smallest absolute Gasteiger partial charge is 0.243 e. The van der Waals surface area contributed by atoms with E-state index in [0.29, 0.717) is 31.6 Å². The van der Waals surface area contributed by atoms with E-state index in [9.17, 15) is 4.79 Å². The van der Waals surface area contributed by atoms with E-state index in [2.05, 4.69) is 29.6 Å². The Balaban J connectivity index is 3.62. The van der Waals surface area contributed by atoms with Crippen LogP contribution in [0.1, 0.15) is 13.8 Å². The van der Waals surface area contributed by atoms with E-state index in [0.717, 1.165) is 0 Å². The fourth-order valence-electron chi connectivity index (χ4n) is 0.841. The Kier molecular flexibility index (Phi) is 8.18. The third kappa shape index (κ3) is 9.22. The highest BCUT2D eigenvalue weighted by atomic mass is 16.5. The van der Waals surface area contributed by atoms with Gasteiger partial charge >= 0.3 is 0 Å². The summed E-state index contributed by atoms with van der Waals surface area (Å²) in [5.74, 6) is 5.76. The fraction of sp³-hybridized carbons (Fsp3) is 0.778. The van der Waals surface area contributed by atoms with E-state index in [4.69, 9.17) is 16.3 Å². The normalized spacial score (nSPS) is 11.6. The number of guanidine groups is 1. The summed E-state index contributed by atoms with van der Waals surface area (Å²) < 4.78 is 4.95. The van der Waals surface area contributed by atoms with Crippen LogP contribution < -0.4 is 22.3 Å². The molecule has 0 radical (unpaired) electrons. The lowest BCUT2D eigenvalue weighted by Crippen LogP contribution is -2.43. The molecular weight excluding hydrogens is 210 g/mol. The van der Waals surface area contributed by atoms with Crippen molar-refractivity contribution in [3.8, 4) is 0 Å². The number of rotatable bonds is 7. The first kappa shape index (κ1) is 14.7. The number of nitrogens with two attached hydrogens (primary N) is 2. The predicted molar refractivity (Wildman–Crippen MR) is 62.5 cm³/mol. The zero-order valence-electron chi connectivity index (χ0n) is 9.82. The summed E-state index contributed by atoms with van der Waals surface area (Å²) in [6.45, 7) is 5.62. The number of nitrogens with one attached hydrogen (secondary N) is 2. The Labute approximate surface area is 95.6 Å². The number of carbonyl (C=O) groups excluding carboxylic acids is 1. The molecule has 0 heterocycles. The number of nitrogens with zero attached hydrogens (tertiary/aromatic N) is 1. The van der Waals surface area contributed by atoms with Gasteiger partial charge in [-0.2, -0.15) is 0 Å². The molecule has 0 aliphatic heterocycles. The zero-order chi connectivity index (χ0) is 12.4. The van der Waals surface area contributed by atoms with Gasteiger partial charge in [-0.1, -0.05) is 13.8 Å². The standard InChI is InChI=1S/C9H21N5O2/c1-7(2)5-13-9(14-11)12-3-4-16-6-8(10)15/h7H,3-6,11H2,1-2H3,(H2,10,15)(H2,12,13,14). The van der Waals surface area contributed by atoms with Gasteiger partial charge in [0.05, 0.1) is 6.61 Å². The van der Waals surface area contributed by atoms with Crippen molar-refractivity contribution in [2.45, 2.75) is 13.8 Å². The van der Waals surface area contributed by atoms with E-state index in [1.165, 1.54) is 0 Å². The lowest BCUT2D eigenvalue weighted by atomic mass is 10.2. The number of carbonyl (C=O) groups is 1. The first-order chi connectivity index (χ1) is 7.56. The van der Waals surface area contributed by atoms with Gasteiger partial charge in [0.25, 0.3) is 0 Å². The monoisotopic (exact) mass is 231 g/mol. The van der Waals surface area contributed by atoms with Crippen LogP contribution in [-0.4, -0.2) is 38.2 Å². The van der Waals surface area contributed by atoms with Gasteiger partial charge in [-0.05, 0) is 5.92 Å². The molecule has 0 fully saturated rings. The minimum absolute atomic E-state index is 0.0732. The highest BCUT2D eigenvalue weighted by Gasteiger charge is 1.97. The van der Waals surface area contributed by atoms with Crippen molar-refractivity contribution in [3.63, 3.8) is 0 Å². The molecule has 1 amide bonds. The fourth-order valence-corrected chi connectivity index (χ4v) is 0.841. The number of hydrazine groups is 1. The van der Waals surface area contributed by atoms with Gasteiger partial charge in [-0.15, -0.1) is 0 Å². The Morgan fingerprint density at radius 1 is 1.50 bits per heavy atom. The van der Waals surface area contributed by atoms with E-state index >= 15 is 0 Å². The summed E-state index contributed by atoms with van der Waals surface area (Å²) in [6.07, 6.45) is 0. The number of hydrogen-bond acceptors (Lipinski definition) is 4. The van der Waals surface area contributed by atoms with Crippen molar-refractivity contribution in [2.75, 3.05) is 26.3 Å². The minimum atomic E-state index is -0.481. The maximum absolute atomic E-state index is 10.4. The average molecular weight is 231 g/mol. The molecule has 0 aromatic heterocycles. The molecule has 0 aromatic rings. The van der Waals surface area contributed by atoms with Gasteiger partial charge in [0.2, 0.25) is 11.9 Å². The Morgan fingerprint density at radius 3 is 2.69 bits per heavy atom. The van der Waals surface area contributed by atoms with Crippen LogP contribution in [0.3, 0.4) is 0 Å². The van der Waals surface area contributed by atoms with Gasteiger partial charge in [0, 0.05) is 13.1 Å². The second-order valence-electron chi connectivity index (χ2n) is 3.67. The predicted octanol–water partition coefficient (Wildman–Crippen LogP) is -1.45. The summed E-state index contributed by atoms with van der Waals surface area (Å²) in [5.41, 5.74) is 7.35. The quantitative estimate of drug-likeness (QED) is 0.141. The number of aliphatic imine (C=N–C) groups is 1. The highest BCUT2D eigenvalue weighted by Crippen LogP contribution is 1.90. The SMILES string of the molecule is CC(C)CN=C(NN)NCCOCC(N)=O. The van der Waals surface area contributed by atoms with Crippen LogP contribution in [0.5, 0.6) is 0 Å². The van der Waals surface area contributed by atoms with Crippen molar-refractivity contribution in [3.05, 3.63) is 0 Å². The summed E-state index contributed by atoms with van der Waals surface area (Å²) in [5, 5.41) is 2.94. The summed E-state index contributed by atoms with van der Waals surface area (Å²) in [4.78, 5) is 14.5. The number of amides is 1. The molecule has 0 saturated heterocycles. The van der Waals surface area contributed by atoms with Crippen LogP contribution in [0.25, 0.3) is 0 Å². The van der Waals surface area contributed by atoms with Crippen LogP contribution in [-0.2, 0) is 9.53 Å². The topological polar surface area (TPSA) is 115 Å². The van der Waals surface area contributed by atoms with Gasteiger partial charge in [0.1, 0.15) is 6.61 Å². The van der Waals surface area contributed by atoms with E-state index in [1.54, 1.807) is 0 Å². The van der Waals surface area contributed by atoms with Crippen LogP contribution in [0.15, 0.2) is 4.99 Å². The molecule has 0 unspecified atom stereocenters. The molecule has 0 bridgehead atoms. The first-order valence-electron chi connectivity index (χ1n) is 5.17. The molecule has 0 aliphatic rings. The molecule has 0 saturated carbocycles. The van der Waals surface area contributed by atoms with E-state index in [-0.39, 0.29) is 6.61 Å². The lowest BCUT2D eigenvalue weighted by Gasteiger charge is -2.09. The number of hydrogen-bond donors (Lipinski definition) is 4. The third-order valence-electron chi connectivity index (χ3n) is 1.53. The second kappa shape index (κ2) is 8.93. The molecule has 16 heavy (non-hydrogen) atoms. The Hall–Kier alpha value is -1.34. The molecule has 6 N–H and O–H groups in total. The van der Waals surface area contributed by atoms with Crippen molar-refractivity contribution in [1.82, 2.24) is 10.7 Å². The van der Waals surface area contributed by atoms with Crippen molar-refractivity contribution in [1.29, 1.82) is 0 Å². The second-order valence-corrected chi connectivity index (χ2v) is 3.67. The van der Waals surface area contributed by atoms with E-state index in [1.807, 2.05) is 0 Å². The van der Waals surface area contributed by atoms with Crippen LogP contribution in [0, 0.1) is 5.92 Å². The molecule has 0 atom stereocenters. The number of primary amides is 1. The first-order valence-corrected chi connectivity index (χ1v) is 5.17. The van der Waals surface area contributed by atoms with Crippen LogP contribution in [0.2, 0.25) is 0 Å². The lowest BCUT2D eigenvalue weighted by molar-refractivity contribution is -0.122. The van der Waals surface area contributed by atoms with Gasteiger partial charge in [0.15, 0.2) is 0 Å². The van der Waals surface area contributed by atoms with Crippen LogP contribution >= 0.6 is 0 Å². The molecule has 0 aliphatic carbocycles. The molecule has 7 heteroatoms.